The van der Waals surface area contributed by atoms with Gasteiger partial charge in [-0.3, -0.25) is 9.36 Å². The predicted octanol–water partition coefficient (Wildman–Crippen LogP) is 2.12. The van der Waals surface area contributed by atoms with Crippen LogP contribution in [0.4, 0.5) is 10.1 Å². The molecule has 0 aliphatic rings. The quantitative estimate of drug-likeness (QED) is 0.774. The standard InChI is InChI=1S/C16H14FN3O3/c1-23-12-4-2-3-11(8-12)18-15(21)9-20-14-6-5-10(17)7-13(14)19-16(20)22/h2-8H,9H2,1H3,(H,18,21)(H,19,22). The van der Waals surface area contributed by atoms with Crippen molar-refractivity contribution in [3.63, 3.8) is 0 Å². The zero-order valence-electron chi connectivity index (χ0n) is 12.3. The van der Waals surface area contributed by atoms with Crippen LogP contribution >= 0.6 is 0 Å². The van der Waals surface area contributed by atoms with Crippen LogP contribution < -0.4 is 15.7 Å². The van der Waals surface area contributed by atoms with Gasteiger partial charge in [-0.1, -0.05) is 6.07 Å². The third-order valence-corrected chi connectivity index (χ3v) is 3.39. The Hall–Kier alpha value is -3.09. The third kappa shape index (κ3) is 3.08. The van der Waals surface area contributed by atoms with Crippen LogP contribution in [0.3, 0.4) is 0 Å². The average molecular weight is 315 g/mol. The van der Waals surface area contributed by atoms with Crippen molar-refractivity contribution in [3.05, 3.63) is 58.8 Å². The summed E-state index contributed by atoms with van der Waals surface area (Å²) in [5, 5.41) is 2.69. The summed E-state index contributed by atoms with van der Waals surface area (Å²) in [4.78, 5) is 26.6. The largest absolute Gasteiger partial charge is 0.497 e. The molecule has 1 aromatic heterocycles. The fraction of sp³-hybridized carbons (Fsp3) is 0.125. The molecule has 0 fully saturated rings. The Labute approximate surface area is 130 Å². The molecule has 3 rings (SSSR count). The number of halogens is 1. The summed E-state index contributed by atoms with van der Waals surface area (Å²) >= 11 is 0. The molecule has 0 spiro atoms. The van der Waals surface area contributed by atoms with Crippen LogP contribution in [0, 0.1) is 5.82 Å². The Morgan fingerprint density at radius 3 is 2.91 bits per heavy atom. The minimum Gasteiger partial charge on any atom is -0.497 e. The Morgan fingerprint density at radius 2 is 2.13 bits per heavy atom. The monoisotopic (exact) mass is 315 g/mol. The topological polar surface area (TPSA) is 76.1 Å². The molecule has 23 heavy (non-hydrogen) atoms. The van der Waals surface area contributed by atoms with Crippen LogP contribution in [0.2, 0.25) is 0 Å². The molecule has 0 bridgehead atoms. The maximum atomic E-state index is 13.2. The second-order valence-corrected chi connectivity index (χ2v) is 4.96. The van der Waals surface area contributed by atoms with Gasteiger partial charge in [0.2, 0.25) is 5.91 Å². The zero-order chi connectivity index (χ0) is 16.4. The van der Waals surface area contributed by atoms with E-state index in [9.17, 15) is 14.0 Å². The highest BCUT2D eigenvalue weighted by Gasteiger charge is 2.11. The number of hydrogen-bond acceptors (Lipinski definition) is 3. The van der Waals surface area contributed by atoms with E-state index in [0.717, 1.165) is 0 Å². The summed E-state index contributed by atoms with van der Waals surface area (Å²) in [5.41, 5.74) is 0.918. The Morgan fingerprint density at radius 1 is 1.30 bits per heavy atom. The molecule has 1 heterocycles. The Balaban J connectivity index is 1.83. The maximum absolute atomic E-state index is 13.2. The third-order valence-electron chi connectivity index (χ3n) is 3.39. The number of carbonyl (C=O) groups is 1. The van der Waals surface area contributed by atoms with Gasteiger partial charge in [0.25, 0.3) is 0 Å². The van der Waals surface area contributed by atoms with E-state index < -0.39 is 11.5 Å². The fourth-order valence-electron chi connectivity index (χ4n) is 2.34. The molecule has 0 radical (unpaired) electrons. The first-order valence-electron chi connectivity index (χ1n) is 6.89. The number of aromatic amines is 1. The van der Waals surface area contributed by atoms with Gasteiger partial charge in [0.05, 0.1) is 18.1 Å². The van der Waals surface area contributed by atoms with E-state index in [1.54, 1.807) is 24.3 Å². The van der Waals surface area contributed by atoms with Gasteiger partial charge in [-0.2, -0.15) is 0 Å². The number of benzene rings is 2. The highest BCUT2D eigenvalue weighted by molar-refractivity contribution is 5.91. The van der Waals surface area contributed by atoms with Gasteiger partial charge in [-0.15, -0.1) is 0 Å². The lowest BCUT2D eigenvalue weighted by molar-refractivity contribution is -0.116. The normalized spacial score (nSPS) is 10.7. The highest BCUT2D eigenvalue weighted by atomic mass is 19.1. The van der Waals surface area contributed by atoms with Gasteiger partial charge in [-0.05, 0) is 30.3 Å². The molecular weight excluding hydrogens is 301 g/mol. The molecule has 2 N–H and O–H groups in total. The van der Waals surface area contributed by atoms with Crippen molar-refractivity contribution < 1.29 is 13.9 Å². The zero-order valence-corrected chi connectivity index (χ0v) is 12.3. The number of fused-ring (bicyclic) bond motifs is 1. The molecule has 0 saturated heterocycles. The summed E-state index contributed by atoms with van der Waals surface area (Å²) < 4.78 is 19.5. The molecule has 0 saturated carbocycles. The minimum atomic E-state index is -0.466. The first-order valence-corrected chi connectivity index (χ1v) is 6.89. The number of methoxy groups -OCH3 is 1. The Bertz CT molecular complexity index is 930. The first-order chi connectivity index (χ1) is 11.1. The average Bonchev–Trinajstić information content (AvgIpc) is 2.82. The van der Waals surface area contributed by atoms with Crippen LogP contribution in [-0.4, -0.2) is 22.6 Å². The molecule has 7 heteroatoms. The summed E-state index contributed by atoms with van der Waals surface area (Å²) in [6, 6.07) is 10.8. The van der Waals surface area contributed by atoms with Gasteiger partial charge < -0.3 is 15.0 Å². The summed E-state index contributed by atoms with van der Waals surface area (Å²) in [6.45, 7) is -0.179. The lowest BCUT2D eigenvalue weighted by Crippen LogP contribution is -2.25. The number of hydrogen-bond donors (Lipinski definition) is 2. The number of anilines is 1. The van der Waals surface area contributed by atoms with Crippen LogP contribution in [0.15, 0.2) is 47.3 Å². The van der Waals surface area contributed by atoms with Crippen molar-refractivity contribution in [2.24, 2.45) is 0 Å². The van der Waals surface area contributed by atoms with Gasteiger partial charge >= 0.3 is 5.69 Å². The van der Waals surface area contributed by atoms with E-state index in [1.807, 2.05) is 0 Å². The van der Waals surface area contributed by atoms with E-state index in [2.05, 4.69) is 10.3 Å². The second kappa shape index (κ2) is 5.96. The first kappa shape index (κ1) is 14.8. The van der Waals surface area contributed by atoms with Gasteiger partial charge in [0.15, 0.2) is 0 Å². The number of aromatic nitrogens is 2. The number of ether oxygens (including phenoxy) is 1. The van der Waals surface area contributed by atoms with Crippen LogP contribution in [-0.2, 0) is 11.3 Å². The highest BCUT2D eigenvalue weighted by Crippen LogP contribution is 2.17. The molecule has 3 aromatic rings. The lowest BCUT2D eigenvalue weighted by atomic mass is 10.3. The number of amides is 1. The van der Waals surface area contributed by atoms with Crippen molar-refractivity contribution in [1.82, 2.24) is 9.55 Å². The van der Waals surface area contributed by atoms with Gasteiger partial charge in [0.1, 0.15) is 18.1 Å². The van der Waals surface area contributed by atoms with Crippen molar-refractivity contribution in [2.45, 2.75) is 6.54 Å². The lowest BCUT2D eigenvalue weighted by Gasteiger charge is -2.07. The summed E-state index contributed by atoms with van der Waals surface area (Å²) in [7, 11) is 1.53. The number of rotatable bonds is 4. The molecule has 118 valence electrons. The van der Waals surface area contributed by atoms with Crippen molar-refractivity contribution in [3.8, 4) is 5.75 Å². The van der Waals surface area contributed by atoms with Crippen molar-refractivity contribution in [2.75, 3.05) is 12.4 Å². The number of nitrogens with zero attached hydrogens (tertiary/aromatic N) is 1. The minimum absolute atomic E-state index is 0.179. The maximum Gasteiger partial charge on any atom is 0.326 e. The molecular formula is C16H14FN3O3. The number of H-pyrrole nitrogens is 1. The fourth-order valence-corrected chi connectivity index (χ4v) is 2.34. The molecule has 0 aliphatic heterocycles. The predicted molar refractivity (Wildman–Crippen MR) is 84.1 cm³/mol. The number of imidazole rings is 1. The van der Waals surface area contributed by atoms with E-state index in [0.29, 0.717) is 22.5 Å². The molecule has 0 unspecified atom stereocenters. The van der Waals surface area contributed by atoms with Crippen LogP contribution in [0.25, 0.3) is 11.0 Å². The molecule has 2 aromatic carbocycles. The van der Waals surface area contributed by atoms with Crippen molar-refractivity contribution >= 4 is 22.6 Å². The van der Waals surface area contributed by atoms with Gasteiger partial charge in [-0.25, -0.2) is 9.18 Å². The smallest absolute Gasteiger partial charge is 0.326 e. The second-order valence-electron chi connectivity index (χ2n) is 4.96. The van der Waals surface area contributed by atoms with E-state index in [4.69, 9.17) is 4.74 Å². The number of nitrogens with one attached hydrogen (secondary N) is 2. The molecule has 1 amide bonds. The summed E-state index contributed by atoms with van der Waals surface area (Å²) in [5.74, 6) is -0.208. The van der Waals surface area contributed by atoms with Gasteiger partial charge in [0, 0.05) is 11.8 Å². The molecule has 6 nitrogen and oxygen atoms in total. The SMILES string of the molecule is COc1cccc(NC(=O)Cn2c(=O)[nH]c3cc(F)ccc32)c1. The summed E-state index contributed by atoms with van der Waals surface area (Å²) in [6.07, 6.45) is 0. The van der Waals surface area contributed by atoms with E-state index >= 15 is 0 Å². The molecule has 0 aliphatic carbocycles. The van der Waals surface area contributed by atoms with E-state index in [-0.39, 0.29) is 12.5 Å². The molecule has 0 atom stereocenters. The van der Waals surface area contributed by atoms with Crippen LogP contribution in [0.1, 0.15) is 0 Å². The number of carbonyl (C=O) groups excluding carboxylic acids is 1. The Kier molecular flexibility index (Phi) is 3.84. The van der Waals surface area contributed by atoms with Crippen LogP contribution in [0.5, 0.6) is 5.75 Å². The van der Waals surface area contributed by atoms with Crippen molar-refractivity contribution in [1.29, 1.82) is 0 Å². The van der Waals surface area contributed by atoms with E-state index in [1.165, 1.54) is 29.9 Å².